The van der Waals surface area contributed by atoms with Crippen LogP contribution in [0.4, 0.5) is 0 Å². The van der Waals surface area contributed by atoms with Crippen molar-refractivity contribution in [3.63, 3.8) is 0 Å². The Morgan fingerprint density at radius 1 is 1.25 bits per heavy atom. The van der Waals surface area contributed by atoms with Gasteiger partial charge in [0, 0.05) is 18.6 Å². The standard InChI is InChI=1S/C13H29N3/c1-7-11(3)15-13(5)14-9-10-16(6)12(4)8-2/h11-12H,7-10H2,1-6H3,(H,14,15). The highest BCUT2D eigenvalue weighted by Gasteiger charge is 2.05. The summed E-state index contributed by atoms with van der Waals surface area (Å²) in [5.41, 5.74) is 0. The summed E-state index contributed by atoms with van der Waals surface area (Å²) in [6.07, 6.45) is 2.34. The van der Waals surface area contributed by atoms with E-state index in [0.717, 1.165) is 25.3 Å². The van der Waals surface area contributed by atoms with Gasteiger partial charge in [0.1, 0.15) is 0 Å². The van der Waals surface area contributed by atoms with E-state index in [-0.39, 0.29) is 0 Å². The van der Waals surface area contributed by atoms with Gasteiger partial charge in [-0.2, -0.15) is 0 Å². The Kier molecular flexibility index (Phi) is 8.26. The first-order chi connectivity index (χ1) is 7.51. The van der Waals surface area contributed by atoms with Crippen molar-refractivity contribution >= 4 is 5.84 Å². The molecule has 3 nitrogen and oxygen atoms in total. The van der Waals surface area contributed by atoms with Crippen LogP contribution in [0.2, 0.25) is 0 Å². The predicted octanol–water partition coefficient (Wildman–Crippen LogP) is 2.52. The lowest BCUT2D eigenvalue weighted by atomic mass is 10.2. The van der Waals surface area contributed by atoms with Crippen molar-refractivity contribution < 1.29 is 0 Å². The summed E-state index contributed by atoms with van der Waals surface area (Å²) in [5.74, 6) is 1.06. The third kappa shape index (κ3) is 6.83. The molecule has 0 aromatic rings. The van der Waals surface area contributed by atoms with E-state index in [4.69, 9.17) is 0 Å². The van der Waals surface area contributed by atoms with E-state index >= 15 is 0 Å². The largest absolute Gasteiger partial charge is 0.372 e. The topological polar surface area (TPSA) is 27.6 Å². The van der Waals surface area contributed by atoms with Crippen molar-refractivity contribution in [1.82, 2.24) is 10.2 Å². The van der Waals surface area contributed by atoms with E-state index in [2.05, 4.69) is 56.9 Å². The van der Waals surface area contributed by atoms with E-state index in [0.29, 0.717) is 12.1 Å². The molecule has 0 heterocycles. The van der Waals surface area contributed by atoms with Gasteiger partial charge < -0.3 is 10.2 Å². The lowest BCUT2D eigenvalue weighted by Gasteiger charge is -2.22. The highest BCUT2D eigenvalue weighted by atomic mass is 15.1. The zero-order chi connectivity index (χ0) is 12.6. The molecular formula is C13H29N3. The van der Waals surface area contributed by atoms with Crippen molar-refractivity contribution in [2.24, 2.45) is 4.99 Å². The van der Waals surface area contributed by atoms with Crippen LogP contribution in [0.1, 0.15) is 47.5 Å². The van der Waals surface area contributed by atoms with Crippen LogP contribution in [-0.2, 0) is 0 Å². The van der Waals surface area contributed by atoms with Gasteiger partial charge in [-0.05, 0) is 40.7 Å². The number of rotatable bonds is 7. The summed E-state index contributed by atoms with van der Waals surface area (Å²) in [7, 11) is 2.17. The summed E-state index contributed by atoms with van der Waals surface area (Å²) < 4.78 is 0. The molecule has 0 fully saturated rings. The molecule has 2 atom stereocenters. The minimum atomic E-state index is 0.524. The van der Waals surface area contributed by atoms with Crippen molar-refractivity contribution in [3.05, 3.63) is 0 Å². The van der Waals surface area contributed by atoms with Crippen LogP contribution in [-0.4, -0.2) is 43.0 Å². The Balaban J connectivity index is 3.81. The Bertz CT molecular complexity index is 201. The van der Waals surface area contributed by atoms with E-state index in [1.54, 1.807) is 0 Å². The first-order valence-electron chi connectivity index (χ1n) is 6.49. The van der Waals surface area contributed by atoms with Crippen molar-refractivity contribution in [2.75, 3.05) is 20.1 Å². The molecule has 0 spiro atoms. The Labute approximate surface area is 101 Å². The molecule has 0 aromatic heterocycles. The SMILES string of the molecule is CCC(C)NC(C)=NCCN(C)C(C)CC. The van der Waals surface area contributed by atoms with Gasteiger partial charge in [0.15, 0.2) is 0 Å². The summed E-state index contributed by atoms with van der Waals surface area (Å²) in [4.78, 5) is 6.89. The molecule has 1 N–H and O–H groups in total. The smallest absolute Gasteiger partial charge is 0.0934 e. The van der Waals surface area contributed by atoms with Crippen molar-refractivity contribution in [2.45, 2.75) is 59.5 Å². The predicted molar refractivity (Wildman–Crippen MR) is 73.2 cm³/mol. The Morgan fingerprint density at radius 2 is 1.88 bits per heavy atom. The summed E-state index contributed by atoms with van der Waals surface area (Å²) >= 11 is 0. The van der Waals surface area contributed by atoms with Crippen molar-refractivity contribution in [3.8, 4) is 0 Å². The molecule has 0 rings (SSSR count). The number of hydrogen-bond donors (Lipinski definition) is 1. The molecule has 3 heteroatoms. The summed E-state index contributed by atoms with van der Waals surface area (Å²) in [5, 5.41) is 3.38. The molecule has 0 amide bonds. The molecule has 0 saturated carbocycles. The number of nitrogens with zero attached hydrogens (tertiary/aromatic N) is 2. The van der Waals surface area contributed by atoms with Crippen LogP contribution in [0.3, 0.4) is 0 Å². The first kappa shape index (κ1) is 15.4. The van der Waals surface area contributed by atoms with Crippen LogP contribution in [0.25, 0.3) is 0 Å². The maximum atomic E-state index is 4.53. The lowest BCUT2D eigenvalue weighted by Crippen LogP contribution is -2.33. The van der Waals surface area contributed by atoms with Gasteiger partial charge in [0.2, 0.25) is 0 Å². The second-order valence-corrected chi connectivity index (χ2v) is 4.66. The minimum Gasteiger partial charge on any atom is -0.372 e. The molecule has 0 aromatic carbocycles. The molecule has 0 aliphatic carbocycles. The second-order valence-electron chi connectivity index (χ2n) is 4.66. The van der Waals surface area contributed by atoms with E-state index in [1.807, 2.05) is 0 Å². The van der Waals surface area contributed by atoms with Gasteiger partial charge in [-0.3, -0.25) is 4.99 Å². The summed E-state index contributed by atoms with van der Waals surface area (Å²) in [6.45, 7) is 12.8. The second kappa shape index (κ2) is 8.57. The lowest BCUT2D eigenvalue weighted by molar-refractivity contribution is 0.259. The fourth-order valence-electron chi connectivity index (χ4n) is 1.41. The number of aliphatic imine (C=N–C) groups is 1. The molecule has 96 valence electrons. The van der Waals surface area contributed by atoms with Gasteiger partial charge in [0.25, 0.3) is 0 Å². The van der Waals surface area contributed by atoms with Crippen LogP contribution in [0.15, 0.2) is 4.99 Å². The van der Waals surface area contributed by atoms with Crippen molar-refractivity contribution in [1.29, 1.82) is 0 Å². The van der Waals surface area contributed by atoms with E-state index in [9.17, 15) is 0 Å². The number of nitrogens with one attached hydrogen (secondary N) is 1. The molecule has 2 unspecified atom stereocenters. The molecule has 0 aliphatic heterocycles. The fourth-order valence-corrected chi connectivity index (χ4v) is 1.41. The quantitative estimate of drug-likeness (QED) is 0.534. The van der Waals surface area contributed by atoms with Gasteiger partial charge in [-0.25, -0.2) is 0 Å². The average molecular weight is 227 g/mol. The van der Waals surface area contributed by atoms with Crippen LogP contribution in [0.5, 0.6) is 0 Å². The molecule has 0 saturated heterocycles. The van der Waals surface area contributed by atoms with Crippen LogP contribution >= 0.6 is 0 Å². The highest BCUT2D eigenvalue weighted by Crippen LogP contribution is 1.99. The van der Waals surface area contributed by atoms with E-state index < -0.39 is 0 Å². The first-order valence-corrected chi connectivity index (χ1v) is 6.49. The highest BCUT2D eigenvalue weighted by molar-refractivity contribution is 5.79. The van der Waals surface area contributed by atoms with Gasteiger partial charge >= 0.3 is 0 Å². The Hall–Kier alpha value is -0.570. The monoisotopic (exact) mass is 227 g/mol. The normalized spacial score (nSPS) is 16.3. The maximum absolute atomic E-state index is 4.53. The molecule has 16 heavy (non-hydrogen) atoms. The zero-order valence-corrected chi connectivity index (χ0v) is 11.9. The van der Waals surface area contributed by atoms with Crippen LogP contribution < -0.4 is 5.32 Å². The van der Waals surface area contributed by atoms with Gasteiger partial charge in [0.05, 0.1) is 12.4 Å². The third-order valence-corrected chi connectivity index (χ3v) is 3.21. The Morgan fingerprint density at radius 3 is 2.38 bits per heavy atom. The van der Waals surface area contributed by atoms with E-state index in [1.165, 1.54) is 6.42 Å². The van der Waals surface area contributed by atoms with Gasteiger partial charge in [-0.1, -0.05) is 13.8 Å². The summed E-state index contributed by atoms with van der Waals surface area (Å²) in [6, 6.07) is 1.18. The molecule has 0 bridgehead atoms. The number of hydrogen-bond acceptors (Lipinski definition) is 2. The average Bonchev–Trinajstić information content (AvgIpc) is 2.27. The molecule has 0 radical (unpaired) electrons. The zero-order valence-electron chi connectivity index (χ0n) is 11.9. The molecular weight excluding hydrogens is 198 g/mol. The van der Waals surface area contributed by atoms with Gasteiger partial charge in [-0.15, -0.1) is 0 Å². The minimum absolute atomic E-state index is 0.524. The molecule has 0 aliphatic rings. The maximum Gasteiger partial charge on any atom is 0.0934 e. The fraction of sp³-hybridized carbons (Fsp3) is 0.923. The number of amidine groups is 1. The third-order valence-electron chi connectivity index (χ3n) is 3.21. The number of likely N-dealkylation sites (N-methyl/N-ethyl adjacent to an activating group) is 1. The van der Waals surface area contributed by atoms with Crippen LogP contribution in [0, 0.1) is 0 Å².